The molecule has 0 bridgehead atoms. The van der Waals surface area contributed by atoms with Crippen LogP contribution in [-0.2, 0) is 0 Å². The average molecular weight is 226 g/mol. The molecule has 0 aliphatic carbocycles. The van der Waals surface area contributed by atoms with Gasteiger partial charge in [0.25, 0.3) is 0 Å². The lowest BCUT2D eigenvalue weighted by atomic mass is 9.94. The van der Waals surface area contributed by atoms with Crippen LogP contribution in [0.5, 0.6) is 0 Å². The third kappa shape index (κ3) is 2.07. The van der Waals surface area contributed by atoms with E-state index in [4.69, 9.17) is 0 Å². The Morgan fingerprint density at radius 1 is 0.765 bits per heavy atom. The summed E-state index contributed by atoms with van der Waals surface area (Å²) in [5.41, 5.74) is 7.50. The minimum atomic E-state index is 0.819. The Morgan fingerprint density at radius 2 is 1.35 bits per heavy atom. The smallest absolute Gasteiger partial charge is 0.159 e. The Morgan fingerprint density at radius 3 is 1.94 bits per heavy atom. The summed E-state index contributed by atoms with van der Waals surface area (Å²) >= 11 is 0. The minimum absolute atomic E-state index is 0.819. The number of rotatable bonds is 1. The van der Waals surface area contributed by atoms with E-state index in [1.807, 2.05) is 19.3 Å². The highest BCUT2D eigenvalue weighted by Crippen LogP contribution is 2.27. The van der Waals surface area contributed by atoms with E-state index in [0.29, 0.717) is 0 Å². The van der Waals surface area contributed by atoms with Crippen molar-refractivity contribution in [3.05, 3.63) is 46.3 Å². The van der Waals surface area contributed by atoms with Crippen molar-refractivity contribution in [3.63, 3.8) is 0 Å². The van der Waals surface area contributed by atoms with Crippen molar-refractivity contribution >= 4 is 0 Å². The van der Waals surface area contributed by atoms with Crippen molar-refractivity contribution in [2.24, 2.45) is 0 Å². The summed E-state index contributed by atoms with van der Waals surface area (Å²) in [6, 6.07) is 2.18. The van der Waals surface area contributed by atoms with Gasteiger partial charge in [-0.15, -0.1) is 0 Å². The van der Waals surface area contributed by atoms with Gasteiger partial charge in [0, 0.05) is 18.0 Å². The molecule has 0 aliphatic rings. The van der Waals surface area contributed by atoms with Crippen LogP contribution < -0.4 is 0 Å². The summed E-state index contributed by atoms with van der Waals surface area (Å²) in [5.74, 6) is 0.819. The second-order valence-corrected chi connectivity index (χ2v) is 4.70. The van der Waals surface area contributed by atoms with Gasteiger partial charge in [0.2, 0.25) is 0 Å². The third-order valence-electron chi connectivity index (χ3n) is 3.50. The Kier molecular flexibility index (Phi) is 2.97. The SMILES string of the molecule is Cc1cnc(-c2cc(C)c(C)c(C)c2C)nc1. The van der Waals surface area contributed by atoms with Crippen molar-refractivity contribution in [1.82, 2.24) is 9.97 Å². The molecule has 1 aromatic heterocycles. The number of benzene rings is 1. The first-order valence-electron chi connectivity index (χ1n) is 5.87. The zero-order valence-electron chi connectivity index (χ0n) is 11.1. The molecule has 0 fully saturated rings. The van der Waals surface area contributed by atoms with Gasteiger partial charge in [0.15, 0.2) is 5.82 Å². The molecule has 2 heteroatoms. The van der Waals surface area contributed by atoms with Gasteiger partial charge in [-0.25, -0.2) is 9.97 Å². The fraction of sp³-hybridized carbons (Fsp3) is 0.333. The van der Waals surface area contributed by atoms with E-state index in [1.165, 1.54) is 22.3 Å². The van der Waals surface area contributed by atoms with Crippen molar-refractivity contribution in [3.8, 4) is 11.4 Å². The van der Waals surface area contributed by atoms with E-state index in [0.717, 1.165) is 17.0 Å². The zero-order valence-corrected chi connectivity index (χ0v) is 11.1. The third-order valence-corrected chi connectivity index (χ3v) is 3.50. The van der Waals surface area contributed by atoms with E-state index in [-0.39, 0.29) is 0 Å². The van der Waals surface area contributed by atoms with Gasteiger partial charge in [-0.1, -0.05) is 0 Å². The first kappa shape index (κ1) is 11.8. The van der Waals surface area contributed by atoms with Crippen molar-refractivity contribution in [1.29, 1.82) is 0 Å². The normalized spacial score (nSPS) is 10.6. The van der Waals surface area contributed by atoms with E-state index < -0.39 is 0 Å². The summed E-state index contributed by atoms with van der Waals surface area (Å²) in [5, 5.41) is 0. The maximum absolute atomic E-state index is 4.41. The standard InChI is InChI=1S/C15H18N2/c1-9-7-16-15(17-8-9)14-6-10(2)11(3)12(4)13(14)5/h6-8H,1-5H3. The highest BCUT2D eigenvalue weighted by molar-refractivity contribution is 5.64. The fourth-order valence-corrected chi connectivity index (χ4v) is 1.98. The molecule has 17 heavy (non-hydrogen) atoms. The molecule has 0 atom stereocenters. The van der Waals surface area contributed by atoms with Gasteiger partial charge in [0.1, 0.15) is 0 Å². The predicted molar refractivity (Wildman–Crippen MR) is 71.2 cm³/mol. The molecular formula is C15H18N2. The van der Waals surface area contributed by atoms with E-state index in [9.17, 15) is 0 Å². The van der Waals surface area contributed by atoms with Crippen LogP contribution in [-0.4, -0.2) is 9.97 Å². The van der Waals surface area contributed by atoms with Gasteiger partial charge in [-0.2, -0.15) is 0 Å². The lowest BCUT2D eigenvalue weighted by Crippen LogP contribution is -1.97. The molecule has 0 spiro atoms. The maximum Gasteiger partial charge on any atom is 0.159 e. The molecular weight excluding hydrogens is 208 g/mol. The topological polar surface area (TPSA) is 25.8 Å². The highest BCUT2D eigenvalue weighted by Gasteiger charge is 2.10. The highest BCUT2D eigenvalue weighted by atomic mass is 14.9. The molecule has 2 rings (SSSR count). The minimum Gasteiger partial charge on any atom is -0.236 e. The van der Waals surface area contributed by atoms with E-state index >= 15 is 0 Å². The van der Waals surface area contributed by atoms with Gasteiger partial charge in [-0.3, -0.25) is 0 Å². The average Bonchev–Trinajstić information content (AvgIpc) is 2.32. The van der Waals surface area contributed by atoms with Crippen LogP contribution in [0.1, 0.15) is 27.8 Å². The molecule has 0 radical (unpaired) electrons. The maximum atomic E-state index is 4.41. The van der Waals surface area contributed by atoms with Crippen LogP contribution in [0, 0.1) is 34.6 Å². The summed E-state index contributed by atoms with van der Waals surface area (Å²) in [7, 11) is 0. The quantitative estimate of drug-likeness (QED) is 0.741. The molecule has 1 aromatic carbocycles. The van der Waals surface area contributed by atoms with Crippen LogP contribution in [0.4, 0.5) is 0 Å². The van der Waals surface area contributed by atoms with Gasteiger partial charge in [-0.05, 0) is 68.5 Å². The second kappa shape index (κ2) is 4.28. The van der Waals surface area contributed by atoms with Crippen LogP contribution in [0.3, 0.4) is 0 Å². The van der Waals surface area contributed by atoms with E-state index in [2.05, 4.69) is 43.7 Å². The van der Waals surface area contributed by atoms with Crippen molar-refractivity contribution in [2.45, 2.75) is 34.6 Å². The van der Waals surface area contributed by atoms with Crippen molar-refractivity contribution in [2.75, 3.05) is 0 Å². The zero-order chi connectivity index (χ0) is 12.6. The summed E-state index contributed by atoms with van der Waals surface area (Å²) < 4.78 is 0. The number of aryl methyl sites for hydroxylation is 2. The molecule has 2 nitrogen and oxygen atoms in total. The lowest BCUT2D eigenvalue weighted by Gasteiger charge is -2.13. The summed E-state index contributed by atoms with van der Waals surface area (Å²) in [4.78, 5) is 8.82. The van der Waals surface area contributed by atoms with Gasteiger partial charge in [0.05, 0.1) is 0 Å². The fourth-order valence-electron chi connectivity index (χ4n) is 1.98. The molecule has 0 amide bonds. The largest absolute Gasteiger partial charge is 0.236 e. The molecule has 0 aliphatic heterocycles. The molecule has 0 unspecified atom stereocenters. The van der Waals surface area contributed by atoms with Gasteiger partial charge < -0.3 is 0 Å². The first-order valence-corrected chi connectivity index (χ1v) is 5.87. The molecule has 1 heterocycles. The molecule has 2 aromatic rings. The summed E-state index contributed by atoms with van der Waals surface area (Å²) in [6.07, 6.45) is 3.73. The Labute approximate surface area is 103 Å². The number of nitrogens with zero attached hydrogens (tertiary/aromatic N) is 2. The molecule has 88 valence electrons. The van der Waals surface area contributed by atoms with E-state index in [1.54, 1.807) is 0 Å². The predicted octanol–water partition coefficient (Wildman–Crippen LogP) is 3.69. The molecule has 0 saturated heterocycles. The Bertz CT molecular complexity index is 554. The molecule has 0 saturated carbocycles. The Balaban J connectivity index is 2.64. The van der Waals surface area contributed by atoms with Crippen LogP contribution in [0.2, 0.25) is 0 Å². The van der Waals surface area contributed by atoms with Crippen LogP contribution >= 0.6 is 0 Å². The lowest BCUT2D eigenvalue weighted by molar-refractivity contribution is 1.12. The van der Waals surface area contributed by atoms with Crippen LogP contribution in [0.15, 0.2) is 18.5 Å². The van der Waals surface area contributed by atoms with Crippen molar-refractivity contribution < 1.29 is 0 Å². The van der Waals surface area contributed by atoms with Gasteiger partial charge >= 0.3 is 0 Å². The number of hydrogen-bond acceptors (Lipinski definition) is 2. The monoisotopic (exact) mass is 226 g/mol. The second-order valence-electron chi connectivity index (χ2n) is 4.70. The van der Waals surface area contributed by atoms with Crippen LogP contribution in [0.25, 0.3) is 11.4 Å². The Hall–Kier alpha value is -1.70. The first-order chi connectivity index (χ1) is 8.00. The molecule has 0 N–H and O–H groups in total. The number of hydrogen-bond donors (Lipinski definition) is 0. The summed E-state index contributed by atoms with van der Waals surface area (Å²) in [6.45, 7) is 10.6. The number of aromatic nitrogens is 2.